The van der Waals surface area contributed by atoms with Gasteiger partial charge in [0.2, 0.25) is 0 Å². The molecule has 12 nitrogen and oxygen atoms in total. The average molecular weight is 685 g/mol. The SMILES string of the molecule is CCC1=NN(S(=O)(=O)c2ccc(C)cc2)S(=O)N1CCCCCCCCN1C(CC)=NN(S(=O)(=O)c2ccc(C)cc2)S1=O. The Kier molecular flexibility index (Phi) is 11.2. The third-order valence-corrected chi connectivity index (χ3v) is 14.2. The summed E-state index contributed by atoms with van der Waals surface area (Å²) >= 11 is -3.93. The van der Waals surface area contributed by atoms with E-state index in [-0.39, 0.29) is 9.79 Å². The molecule has 2 aliphatic rings. The minimum Gasteiger partial charge on any atom is -0.258 e. The first-order valence-electron chi connectivity index (χ1n) is 14.7. The standard InChI is InChI=1S/C28H40N6O6S4/c1-5-27-29-33(43(37,38)25-17-13-23(3)14-18-25)41(35)31(27)21-11-9-7-8-10-12-22-32-28(6-2)30-34(42(32)36)44(39,40)26-19-15-24(4)16-20-26/h13-20H,5-12,21-22H2,1-4H3. The van der Waals surface area contributed by atoms with Gasteiger partial charge in [-0.2, -0.15) is 16.8 Å². The molecule has 2 aromatic carbocycles. The molecule has 2 atom stereocenters. The maximum atomic E-state index is 13.1. The van der Waals surface area contributed by atoms with Gasteiger partial charge >= 0.3 is 0 Å². The molecule has 2 heterocycles. The number of hydrogen-bond acceptors (Lipinski definition) is 8. The Balaban J connectivity index is 1.21. The Morgan fingerprint density at radius 2 is 0.886 bits per heavy atom. The molecule has 16 heteroatoms. The van der Waals surface area contributed by atoms with Gasteiger partial charge in [0.25, 0.3) is 42.4 Å². The van der Waals surface area contributed by atoms with Crippen molar-refractivity contribution in [2.45, 2.75) is 88.9 Å². The molecule has 0 aromatic heterocycles. The number of hydrogen-bond donors (Lipinski definition) is 0. The summed E-state index contributed by atoms with van der Waals surface area (Å²) in [6.07, 6.45) is 5.89. The first-order valence-corrected chi connectivity index (χ1v) is 19.7. The maximum absolute atomic E-state index is 13.1. The second kappa shape index (κ2) is 14.5. The number of amidine groups is 2. The van der Waals surface area contributed by atoms with Crippen LogP contribution in [0.4, 0.5) is 0 Å². The van der Waals surface area contributed by atoms with Crippen LogP contribution in [0.5, 0.6) is 0 Å². The van der Waals surface area contributed by atoms with Gasteiger partial charge in [0.05, 0.1) is 9.79 Å². The van der Waals surface area contributed by atoms with Crippen molar-refractivity contribution in [3.05, 3.63) is 59.7 Å². The minimum atomic E-state index is -4.04. The molecule has 0 spiro atoms. The van der Waals surface area contributed by atoms with E-state index in [4.69, 9.17) is 0 Å². The molecule has 4 rings (SSSR count). The zero-order valence-electron chi connectivity index (χ0n) is 25.5. The Morgan fingerprint density at radius 3 is 1.20 bits per heavy atom. The van der Waals surface area contributed by atoms with Gasteiger partial charge in [-0.25, -0.2) is 8.42 Å². The third kappa shape index (κ3) is 7.35. The molecular weight excluding hydrogens is 645 g/mol. The van der Waals surface area contributed by atoms with Gasteiger partial charge in [-0.05, 0) is 51.0 Å². The topological polar surface area (TPSA) is 140 Å². The summed E-state index contributed by atoms with van der Waals surface area (Å²) in [6, 6.07) is 12.7. The van der Waals surface area contributed by atoms with Gasteiger partial charge in [-0.3, -0.25) is 8.61 Å². The van der Waals surface area contributed by atoms with E-state index < -0.39 is 42.4 Å². The van der Waals surface area contributed by atoms with E-state index in [1.807, 2.05) is 27.7 Å². The maximum Gasteiger partial charge on any atom is 0.292 e. The monoisotopic (exact) mass is 684 g/mol. The van der Waals surface area contributed by atoms with Crippen LogP contribution in [0.1, 0.15) is 76.3 Å². The second-order valence-corrected chi connectivity index (χ2v) is 17.1. The molecule has 0 fully saturated rings. The summed E-state index contributed by atoms with van der Waals surface area (Å²) in [5.41, 5.74) is 1.85. The number of aryl methyl sites for hydroxylation is 2. The molecule has 0 bridgehead atoms. The number of unbranched alkanes of at least 4 members (excludes halogenated alkanes) is 5. The second-order valence-electron chi connectivity index (χ2n) is 10.6. The molecule has 0 saturated heterocycles. The summed E-state index contributed by atoms with van der Waals surface area (Å²) in [7, 11) is -8.07. The number of benzene rings is 2. The fourth-order valence-electron chi connectivity index (χ4n) is 4.71. The van der Waals surface area contributed by atoms with Crippen LogP contribution in [0.15, 0.2) is 68.5 Å². The van der Waals surface area contributed by atoms with Gasteiger partial charge < -0.3 is 0 Å². The van der Waals surface area contributed by atoms with Crippen LogP contribution in [0.2, 0.25) is 0 Å². The van der Waals surface area contributed by atoms with E-state index in [9.17, 15) is 25.3 Å². The summed E-state index contributed by atoms with van der Waals surface area (Å²) in [5, 5.41) is 8.37. The fraction of sp³-hybridized carbons (Fsp3) is 0.500. The van der Waals surface area contributed by atoms with Crippen LogP contribution in [0, 0.1) is 13.8 Å². The van der Waals surface area contributed by atoms with Crippen LogP contribution in [0.25, 0.3) is 0 Å². The lowest BCUT2D eigenvalue weighted by Crippen LogP contribution is -2.35. The predicted molar refractivity (Wildman–Crippen MR) is 173 cm³/mol. The molecule has 0 saturated carbocycles. The van der Waals surface area contributed by atoms with Gasteiger partial charge in [0.1, 0.15) is 11.7 Å². The van der Waals surface area contributed by atoms with Crippen molar-refractivity contribution < 1.29 is 25.3 Å². The highest BCUT2D eigenvalue weighted by molar-refractivity contribution is 8.01. The Labute approximate surface area is 266 Å². The summed E-state index contributed by atoms with van der Waals surface area (Å²) < 4.78 is 83.1. The highest BCUT2D eigenvalue weighted by Crippen LogP contribution is 2.28. The minimum absolute atomic E-state index is 0.0493. The van der Waals surface area contributed by atoms with Gasteiger partial charge in [-0.1, -0.05) is 82.6 Å². The highest BCUT2D eigenvalue weighted by Gasteiger charge is 2.40. The Morgan fingerprint density at radius 1 is 0.568 bits per heavy atom. The van der Waals surface area contributed by atoms with Gasteiger partial charge in [0.15, 0.2) is 0 Å². The fourth-order valence-corrected chi connectivity index (χ4v) is 10.7. The van der Waals surface area contributed by atoms with Crippen LogP contribution in [-0.2, 0) is 42.4 Å². The summed E-state index contributed by atoms with van der Waals surface area (Å²) in [4.78, 5) is 0.0985. The van der Waals surface area contributed by atoms with Crippen molar-refractivity contribution in [1.82, 2.24) is 16.2 Å². The van der Waals surface area contributed by atoms with E-state index >= 15 is 0 Å². The quantitative estimate of drug-likeness (QED) is 0.252. The van der Waals surface area contributed by atoms with E-state index in [2.05, 4.69) is 10.2 Å². The number of nitrogens with zero attached hydrogens (tertiary/aromatic N) is 6. The highest BCUT2D eigenvalue weighted by atomic mass is 32.3. The molecule has 0 N–H and O–H groups in total. The van der Waals surface area contributed by atoms with Gasteiger partial charge in [-0.15, -0.1) is 10.2 Å². The van der Waals surface area contributed by atoms with Crippen LogP contribution in [-0.4, -0.2) is 66.3 Å². The molecular formula is C28H40N6O6S4. The molecule has 0 radical (unpaired) electrons. The average Bonchev–Trinajstić information content (AvgIpc) is 3.50. The lowest BCUT2D eigenvalue weighted by molar-refractivity contribution is 0.506. The lowest BCUT2D eigenvalue weighted by Gasteiger charge is -2.19. The zero-order chi connectivity index (χ0) is 32.1. The first kappa shape index (κ1) is 34.1. The Hall–Kier alpha value is -2.82. The number of sulfonamides is 2. The first-order chi connectivity index (χ1) is 20.9. The van der Waals surface area contributed by atoms with E-state index in [0.717, 1.165) is 49.7 Å². The van der Waals surface area contributed by atoms with Crippen LogP contribution in [0.3, 0.4) is 0 Å². The van der Waals surface area contributed by atoms with Crippen molar-refractivity contribution in [3.63, 3.8) is 0 Å². The predicted octanol–water partition coefficient (Wildman–Crippen LogP) is 4.56. The number of rotatable bonds is 15. The van der Waals surface area contributed by atoms with Crippen LogP contribution >= 0.6 is 0 Å². The molecule has 2 aromatic rings. The largest absolute Gasteiger partial charge is 0.292 e. The molecule has 0 aliphatic carbocycles. The zero-order valence-corrected chi connectivity index (χ0v) is 28.7. The molecule has 2 unspecified atom stereocenters. The van der Waals surface area contributed by atoms with Crippen molar-refractivity contribution in [3.8, 4) is 0 Å². The number of hydrazone groups is 2. The van der Waals surface area contributed by atoms with Gasteiger partial charge in [0, 0.05) is 25.9 Å². The molecule has 2 aliphatic heterocycles. The summed E-state index contributed by atoms with van der Waals surface area (Å²) in [5.74, 6) is 0.953. The van der Waals surface area contributed by atoms with Crippen molar-refractivity contribution in [2.75, 3.05) is 13.1 Å². The lowest BCUT2D eigenvalue weighted by atomic mass is 10.1. The van der Waals surface area contributed by atoms with Crippen molar-refractivity contribution in [2.24, 2.45) is 10.2 Å². The third-order valence-electron chi connectivity index (χ3n) is 7.27. The smallest absolute Gasteiger partial charge is 0.258 e. The van der Waals surface area contributed by atoms with Crippen molar-refractivity contribution in [1.29, 1.82) is 0 Å². The van der Waals surface area contributed by atoms with Crippen molar-refractivity contribution >= 4 is 54.1 Å². The van der Waals surface area contributed by atoms with E-state index in [1.165, 1.54) is 24.3 Å². The molecule has 242 valence electrons. The Bertz CT molecular complexity index is 1520. The summed E-state index contributed by atoms with van der Waals surface area (Å²) in [6.45, 7) is 8.28. The molecule has 44 heavy (non-hydrogen) atoms. The normalized spacial score (nSPS) is 19.1. The van der Waals surface area contributed by atoms with E-state index in [0.29, 0.717) is 45.2 Å². The van der Waals surface area contributed by atoms with E-state index in [1.54, 1.807) is 32.9 Å². The molecule has 0 amide bonds. The van der Waals surface area contributed by atoms with Crippen LogP contribution < -0.4 is 0 Å².